The highest BCUT2D eigenvalue weighted by Crippen LogP contribution is 2.35. The fourth-order valence-corrected chi connectivity index (χ4v) is 5.58. The maximum Gasteiger partial charge on any atom is 0.262 e. The molecule has 0 radical (unpaired) electrons. The van der Waals surface area contributed by atoms with Crippen LogP contribution in [-0.4, -0.2) is 21.9 Å². The Labute approximate surface area is 180 Å². The summed E-state index contributed by atoms with van der Waals surface area (Å²) in [6, 6.07) is 23.4. The predicted octanol–water partition coefficient (Wildman–Crippen LogP) is 4.15. The van der Waals surface area contributed by atoms with Crippen molar-refractivity contribution < 1.29 is 21.9 Å². The van der Waals surface area contributed by atoms with Gasteiger partial charge in [-0.1, -0.05) is 48.5 Å². The zero-order valence-electron chi connectivity index (χ0n) is 16.1. The van der Waals surface area contributed by atoms with Crippen LogP contribution in [0.4, 0.5) is 11.4 Å². The number of nitrogens with one attached hydrogen (secondary N) is 2. The lowest BCUT2D eigenvalue weighted by atomic mass is 10.1. The quantitative estimate of drug-likeness (QED) is 0.405. The van der Waals surface area contributed by atoms with Crippen molar-refractivity contribution in [2.24, 2.45) is 0 Å². The van der Waals surface area contributed by atoms with E-state index in [1.165, 1.54) is 24.3 Å². The first-order valence-electron chi connectivity index (χ1n) is 9.18. The molecule has 4 aromatic carbocycles. The van der Waals surface area contributed by atoms with Gasteiger partial charge in [0.25, 0.3) is 20.0 Å². The summed E-state index contributed by atoms with van der Waals surface area (Å²) in [6.45, 7) is 0. The van der Waals surface area contributed by atoms with E-state index in [1.807, 2.05) is 0 Å². The van der Waals surface area contributed by atoms with Crippen molar-refractivity contribution in [3.63, 3.8) is 0 Å². The van der Waals surface area contributed by atoms with Crippen LogP contribution in [0, 0.1) is 0 Å². The highest BCUT2D eigenvalue weighted by molar-refractivity contribution is 7.93. The van der Waals surface area contributed by atoms with Gasteiger partial charge in [0.2, 0.25) is 0 Å². The summed E-state index contributed by atoms with van der Waals surface area (Å²) in [6.07, 6.45) is 0. The van der Waals surface area contributed by atoms with E-state index in [0.717, 1.165) is 6.07 Å². The average molecular weight is 455 g/mol. The number of hydrogen-bond donors (Lipinski definition) is 3. The lowest BCUT2D eigenvalue weighted by molar-refractivity contribution is 0.478. The highest BCUT2D eigenvalue weighted by atomic mass is 32.2. The Morgan fingerprint density at radius 2 is 1.16 bits per heavy atom. The molecular formula is C22H18N2O5S2. The zero-order chi connectivity index (χ0) is 22.1. The molecule has 0 saturated carbocycles. The van der Waals surface area contributed by atoms with Crippen LogP contribution < -0.4 is 9.44 Å². The molecule has 0 atom stereocenters. The van der Waals surface area contributed by atoms with Crippen molar-refractivity contribution in [3.05, 3.63) is 91.0 Å². The standard InChI is InChI=1S/C22H18N2O5S2/c25-20-15-19(30(26,27)23-17-9-3-1-4-10-17)14-16-8-7-13-21(22(16)20)31(28,29)24-18-11-5-2-6-12-18/h1-15,23-25H. The van der Waals surface area contributed by atoms with E-state index in [4.69, 9.17) is 0 Å². The summed E-state index contributed by atoms with van der Waals surface area (Å²) in [5.41, 5.74) is 0.732. The minimum Gasteiger partial charge on any atom is -0.507 e. The lowest BCUT2D eigenvalue weighted by Crippen LogP contribution is -2.14. The molecule has 0 unspecified atom stereocenters. The second-order valence-electron chi connectivity index (χ2n) is 6.74. The van der Waals surface area contributed by atoms with Crippen LogP contribution in [0.3, 0.4) is 0 Å². The average Bonchev–Trinajstić information content (AvgIpc) is 2.74. The van der Waals surface area contributed by atoms with Crippen LogP contribution in [0.1, 0.15) is 0 Å². The molecule has 7 nitrogen and oxygen atoms in total. The van der Waals surface area contributed by atoms with E-state index in [9.17, 15) is 21.9 Å². The number of benzene rings is 4. The van der Waals surface area contributed by atoms with Crippen LogP contribution >= 0.6 is 0 Å². The SMILES string of the molecule is O=S(=O)(Nc1ccccc1)c1cc(O)c2c(S(=O)(=O)Nc3ccccc3)cccc2c1. The fourth-order valence-electron chi connectivity index (χ4n) is 3.16. The molecular weight excluding hydrogens is 436 g/mol. The maximum atomic E-state index is 12.9. The molecule has 31 heavy (non-hydrogen) atoms. The van der Waals surface area contributed by atoms with E-state index in [0.29, 0.717) is 11.4 Å². The van der Waals surface area contributed by atoms with Crippen LogP contribution in [-0.2, 0) is 20.0 Å². The van der Waals surface area contributed by atoms with Gasteiger partial charge >= 0.3 is 0 Å². The van der Waals surface area contributed by atoms with Crippen LogP contribution in [0.25, 0.3) is 10.8 Å². The summed E-state index contributed by atoms with van der Waals surface area (Å²) in [7, 11) is -8.03. The molecule has 0 aliphatic heterocycles. The van der Waals surface area contributed by atoms with Gasteiger partial charge in [0.05, 0.1) is 9.79 Å². The second kappa shape index (κ2) is 7.93. The minimum absolute atomic E-state index is 0.0320. The Balaban J connectivity index is 1.78. The van der Waals surface area contributed by atoms with Crippen molar-refractivity contribution in [3.8, 4) is 5.75 Å². The molecule has 3 N–H and O–H groups in total. The lowest BCUT2D eigenvalue weighted by Gasteiger charge is -2.14. The fraction of sp³-hybridized carbons (Fsp3) is 0. The van der Waals surface area contributed by atoms with Gasteiger partial charge in [0.15, 0.2) is 0 Å². The predicted molar refractivity (Wildman–Crippen MR) is 120 cm³/mol. The number of phenolic OH excluding ortho intramolecular Hbond substituents is 1. The Kier molecular flexibility index (Phi) is 5.30. The third kappa shape index (κ3) is 4.32. The van der Waals surface area contributed by atoms with Gasteiger partial charge in [-0.25, -0.2) is 16.8 Å². The molecule has 0 fully saturated rings. The number of sulfonamides is 2. The largest absolute Gasteiger partial charge is 0.507 e. The molecule has 0 bridgehead atoms. The smallest absolute Gasteiger partial charge is 0.262 e. The molecule has 0 saturated heterocycles. The number of aromatic hydroxyl groups is 1. The Morgan fingerprint density at radius 3 is 1.74 bits per heavy atom. The van der Waals surface area contributed by atoms with Gasteiger partial charge in [-0.05, 0) is 41.8 Å². The number of fused-ring (bicyclic) bond motifs is 1. The molecule has 0 spiro atoms. The van der Waals surface area contributed by atoms with Gasteiger partial charge in [0.1, 0.15) is 5.75 Å². The third-order valence-electron chi connectivity index (χ3n) is 4.54. The van der Waals surface area contributed by atoms with Crippen molar-refractivity contribution in [2.45, 2.75) is 9.79 Å². The van der Waals surface area contributed by atoms with Gasteiger partial charge in [-0.3, -0.25) is 9.44 Å². The molecule has 4 aromatic rings. The van der Waals surface area contributed by atoms with E-state index in [2.05, 4.69) is 9.44 Å². The monoisotopic (exact) mass is 454 g/mol. The van der Waals surface area contributed by atoms with Crippen molar-refractivity contribution in [1.82, 2.24) is 0 Å². The molecule has 0 aromatic heterocycles. The summed E-state index contributed by atoms with van der Waals surface area (Å²) >= 11 is 0. The molecule has 158 valence electrons. The Bertz CT molecular complexity index is 1450. The minimum atomic E-state index is -4.03. The first-order valence-corrected chi connectivity index (χ1v) is 12.1. The number of anilines is 2. The van der Waals surface area contributed by atoms with E-state index >= 15 is 0 Å². The number of rotatable bonds is 6. The first kappa shape index (κ1) is 20.7. The first-order chi connectivity index (χ1) is 14.8. The van der Waals surface area contributed by atoms with E-state index in [-0.39, 0.29) is 20.6 Å². The summed E-state index contributed by atoms with van der Waals surface area (Å²) in [5, 5.41) is 10.9. The Hall–Kier alpha value is -3.56. The second-order valence-corrected chi connectivity index (χ2v) is 10.1. The molecule has 9 heteroatoms. The molecule has 0 heterocycles. The van der Waals surface area contributed by atoms with Crippen LogP contribution in [0.2, 0.25) is 0 Å². The summed E-state index contributed by atoms with van der Waals surface area (Å²) in [4.78, 5) is -0.349. The topological polar surface area (TPSA) is 113 Å². The van der Waals surface area contributed by atoms with Crippen molar-refractivity contribution >= 4 is 42.2 Å². The Morgan fingerprint density at radius 1 is 0.613 bits per heavy atom. The zero-order valence-corrected chi connectivity index (χ0v) is 17.7. The molecule has 0 aliphatic rings. The van der Waals surface area contributed by atoms with E-state index in [1.54, 1.807) is 60.7 Å². The number of para-hydroxylation sites is 2. The highest BCUT2D eigenvalue weighted by Gasteiger charge is 2.23. The van der Waals surface area contributed by atoms with Crippen LogP contribution in [0.15, 0.2) is 101 Å². The molecule has 0 amide bonds. The molecule has 0 aliphatic carbocycles. The van der Waals surface area contributed by atoms with E-state index < -0.39 is 25.8 Å². The van der Waals surface area contributed by atoms with Gasteiger partial charge in [-0.15, -0.1) is 0 Å². The van der Waals surface area contributed by atoms with Gasteiger partial charge < -0.3 is 5.11 Å². The molecule has 4 rings (SSSR count). The van der Waals surface area contributed by atoms with Crippen molar-refractivity contribution in [1.29, 1.82) is 0 Å². The summed E-state index contributed by atoms with van der Waals surface area (Å²) < 4.78 is 56.3. The van der Waals surface area contributed by atoms with Crippen molar-refractivity contribution in [2.75, 3.05) is 9.44 Å². The van der Waals surface area contributed by atoms with Crippen LogP contribution in [0.5, 0.6) is 5.75 Å². The summed E-state index contributed by atoms with van der Waals surface area (Å²) in [5.74, 6) is -0.458. The van der Waals surface area contributed by atoms with Gasteiger partial charge in [0, 0.05) is 22.8 Å². The maximum absolute atomic E-state index is 12.9. The number of hydrogen-bond acceptors (Lipinski definition) is 5. The third-order valence-corrected chi connectivity index (χ3v) is 7.33. The van der Waals surface area contributed by atoms with Gasteiger partial charge in [-0.2, -0.15) is 0 Å². The number of phenols is 1. The normalized spacial score (nSPS) is 11.9.